The van der Waals surface area contributed by atoms with Gasteiger partial charge in [-0.3, -0.25) is 4.79 Å². The van der Waals surface area contributed by atoms with E-state index in [0.717, 1.165) is 25.7 Å². The van der Waals surface area contributed by atoms with Crippen molar-refractivity contribution in [1.82, 2.24) is 0 Å². The first kappa shape index (κ1) is 8.53. The first-order valence-electron chi connectivity index (χ1n) is 4.11. The molecular weight excluding hydrogens is 142 g/mol. The summed E-state index contributed by atoms with van der Waals surface area (Å²) in [6.45, 7) is 2.06. The molecule has 0 aromatic heterocycles. The van der Waals surface area contributed by atoms with E-state index >= 15 is 0 Å². The van der Waals surface area contributed by atoms with Gasteiger partial charge in [0.05, 0.1) is 0 Å². The summed E-state index contributed by atoms with van der Waals surface area (Å²) in [7, 11) is 0. The summed E-state index contributed by atoms with van der Waals surface area (Å²) >= 11 is 0. The van der Waals surface area contributed by atoms with Crippen molar-refractivity contribution in [3.63, 3.8) is 0 Å². The Morgan fingerprint density at radius 3 is 2.55 bits per heavy atom. The third kappa shape index (κ3) is 1.53. The molecule has 0 saturated heterocycles. The normalized spacial score (nSPS) is 22.7. The van der Waals surface area contributed by atoms with Crippen LogP contribution in [0.5, 0.6) is 0 Å². The van der Waals surface area contributed by atoms with Crippen LogP contribution in [0.1, 0.15) is 32.6 Å². The fourth-order valence-electron chi connectivity index (χ4n) is 1.64. The number of hydrogen-bond donors (Lipinski definition) is 2. The van der Waals surface area contributed by atoms with Crippen LogP contribution in [0.25, 0.3) is 0 Å². The van der Waals surface area contributed by atoms with Crippen LogP contribution < -0.4 is 5.73 Å². The van der Waals surface area contributed by atoms with Gasteiger partial charge in [0.15, 0.2) is 0 Å². The number of nitrogens with two attached hydrogens (primary N) is 1. The van der Waals surface area contributed by atoms with E-state index in [1.165, 1.54) is 0 Å². The third-order valence-corrected chi connectivity index (χ3v) is 2.57. The van der Waals surface area contributed by atoms with Crippen molar-refractivity contribution >= 4 is 5.97 Å². The van der Waals surface area contributed by atoms with Gasteiger partial charge in [-0.1, -0.05) is 13.3 Å². The van der Waals surface area contributed by atoms with Crippen molar-refractivity contribution in [2.75, 3.05) is 0 Å². The summed E-state index contributed by atoms with van der Waals surface area (Å²) in [5, 5.41) is 8.66. The summed E-state index contributed by atoms with van der Waals surface area (Å²) in [6, 6.07) is -0.637. The van der Waals surface area contributed by atoms with E-state index in [1.54, 1.807) is 0 Å². The van der Waals surface area contributed by atoms with Gasteiger partial charge in [0, 0.05) is 0 Å². The minimum absolute atomic E-state index is 0.0411. The molecule has 0 radical (unpaired) electrons. The minimum atomic E-state index is -0.851. The Morgan fingerprint density at radius 1 is 1.73 bits per heavy atom. The fraction of sp³-hybridized carbons (Fsp3) is 0.875. The van der Waals surface area contributed by atoms with Crippen molar-refractivity contribution < 1.29 is 9.90 Å². The number of hydrogen-bond acceptors (Lipinski definition) is 2. The lowest BCUT2D eigenvalue weighted by molar-refractivity contribution is -0.140. The molecule has 1 saturated carbocycles. The number of aliphatic carboxylic acids is 1. The first-order valence-corrected chi connectivity index (χ1v) is 4.11. The smallest absolute Gasteiger partial charge is 0.321 e. The van der Waals surface area contributed by atoms with E-state index in [9.17, 15) is 4.79 Å². The highest BCUT2D eigenvalue weighted by molar-refractivity contribution is 5.75. The number of carbonyl (C=O) groups is 1. The summed E-state index contributed by atoms with van der Waals surface area (Å²) in [5.74, 6) is -0.851. The highest BCUT2D eigenvalue weighted by Gasteiger charge is 2.49. The molecule has 1 aliphatic rings. The highest BCUT2D eigenvalue weighted by atomic mass is 16.4. The van der Waals surface area contributed by atoms with Crippen LogP contribution in [0.15, 0.2) is 0 Å². The topological polar surface area (TPSA) is 63.3 Å². The Hall–Kier alpha value is -0.570. The number of carboxylic acids is 1. The van der Waals surface area contributed by atoms with Gasteiger partial charge in [0.2, 0.25) is 0 Å². The van der Waals surface area contributed by atoms with Gasteiger partial charge < -0.3 is 10.8 Å². The standard InChI is InChI=1S/C8H15NO2/c1-2-3-8(4-5-8)6(9)7(10)11/h6H,2-5,9H2,1H3,(H,10,11). The SMILES string of the molecule is CCCC1(C(N)C(=O)O)CC1. The van der Waals surface area contributed by atoms with Crippen LogP contribution in [0.3, 0.4) is 0 Å². The summed E-state index contributed by atoms with van der Waals surface area (Å²) in [4.78, 5) is 10.5. The molecule has 0 spiro atoms. The second-order valence-electron chi connectivity index (χ2n) is 3.43. The Kier molecular flexibility index (Phi) is 2.18. The van der Waals surface area contributed by atoms with Crippen LogP contribution in [0.4, 0.5) is 0 Å². The van der Waals surface area contributed by atoms with Crippen molar-refractivity contribution in [3.05, 3.63) is 0 Å². The average Bonchev–Trinajstić information content (AvgIpc) is 2.69. The van der Waals surface area contributed by atoms with Gasteiger partial charge in [-0.2, -0.15) is 0 Å². The predicted molar refractivity (Wildman–Crippen MR) is 42.2 cm³/mol. The third-order valence-electron chi connectivity index (χ3n) is 2.57. The van der Waals surface area contributed by atoms with Gasteiger partial charge in [-0.15, -0.1) is 0 Å². The van der Waals surface area contributed by atoms with E-state index in [0.29, 0.717) is 0 Å². The fourth-order valence-corrected chi connectivity index (χ4v) is 1.64. The molecule has 3 N–H and O–H groups in total. The Labute approximate surface area is 66.6 Å². The molecule has 0 bridgehead atoms. The number of rotatable bonds is 4. The van der Waals surface area contributed by atoms with Gasteiger partial charge >= 0.3 is 5.97 Å². The van der Waals surface area contributed by atoms with Crippen LogP contribution in [-0.4, -0.2) is 17.1 Å². The zero-order valence-corrected chi connectivity index (χ0v) is 6.84. The molecule has 1 unspecified atom stereocenters. The van der Waals surface area contributed by atoms with E-state index in [1.807, 2.05) is 0 Å². The maximum absolute atomic E-state index is 10.5. The second-order valence-corrected chi connectivity index (χ2v) is 3.43. The highest BCUT2D eigenvalue weighted by Crippen LogP contribution is 2.51. The van der Waals surface area contributed by atoms with E-state index in [-0.39, 0.29) is 5.41 Å². The molecular formula is C8H15NO2. The van der Waals surface area contributed by atoms with Crippen molar-refractivity contribution in [1.29, 1.82) is 0 Å². The molecule has 1 atom stereocenters. The maximum atomic E-state index is 10.5. The molecule has 0 aromatic rings. The molecule has 64 valence electrons. The zero-order valence-electron chi connectivity index (χ0n) is 6.84. The maximum Gasteiger partial charge on any atom is 0.321 e. The molecule has 11 heavy (non-hydrogen) atoms. The van der Waals surface area contributed by atoms with E-state index in [2.05, 4.69) is 6.92 Å². The predicted octanol–water partition coefficient (Wildman–Crippen LogP) is 0.979. The molecule has 1 aliphatic carbocycles. The van der Waals surface area contributed by atoms with Crippen LogP contribution >= 0.6 is 0 Å². The van der Waals surface area contributed by atoms with Crippen molar-refractivity contribution in [3.8, 4) is 0 Å². The largest absolute Gasteiger partial charge is 0.480 e. The number of carboxylic acid groups (broad SMARTS) is 1. The van der Waals surface area contributed by atoms with Gasteiger partial charge in [0.25, 0.3) is 0 Å². The minimum Gasteiger partial charge on any atom is -0.480 e. The molecule has 0 aliphatic heterocycles. The summed E-state index contributed by atoms with van der Waals surface area (Å²) in [5.41, 5.74) is 5.50. The van der Waals surface area contributed by atoms with Crippen LogP contribution in [0.2, 0.25) is 0 Å². The Bertz CT molecular complexity index is 163. The van der Waals surface area contributed by atoms with Crippen LogP contribution in [0, 0.1) is 5.41 Å². The van der Waals surface area contributed by atoms with Gasteiger partial charge in [-0.05, 0) is 24.7 Å². The summed E-state index contributed by atoms with van der Waals surface area (Å²) < 4.78 is 0. The molecule has 0 heterocycles. The molecule has 1 fully saturated rings. The van der Waals surface area contributed by atoms with Gasteiger partial charge in [-0.25, -0.2) is 0 Å². The Morgan fingerprint density at radius 2 is 2.27 bits per heavy atom. The van der Waals surface area contributed by atoms with E-state index < -0.39 is 12.0 Å². The van der Waals surface area contributed by atoms with Crippen molar-refractivity contribution in [2.45, 2.75) is 38.6 Å². The Balaban J connectivity index is 2.50. The second kappa shape index (κ2) is 2.81. The van der Waals surface area contributed by atoms with Crippen LogP contribution in [-0.2, 0) is 4.79 Å². The quantitative estimate of drug-likeness (QED) is 0.639. The summed E-state index contributed by atoms with van der Waals surface area (Å²) in [6.07, 6.45) is 3.98. The van der Waals surface area contributed by atoms with Gasteiger partial charge in [0.1, 0.15) is 6.04 Å². The molecule has 1 rings (SSSR count). The van der Waals surface area contributed by atoms with E-state index in [4.69, 9.17) is 10.8 Å². The molecule has 3 heteroatoms. The average molecular weight is 157 g/mol. The molecule has 0 amide bonds. The lowest BCUT2D eigenvalue weighted by atomic mass is 9.92. The molecule has 0 aromatic carbocycles. The lowest BCUT2D eigenvalue weighted by Gasteiger charge is -2.17. The lowest BCUT2D eigenvalue weighted by Crippen LogP contribution is -2.39. The first-order chi connectivity index (χ1) is 5.12. The van der Waals surface area contributed by atoms with Crippen molar-refractivity contribution in [2.24, 2.45) is 11.1 Å². The monoisotopic (exact) mass is 157 g/mol. The zero-order chi connectivity index (χ0) is 8.48. The molecule has 3 nitrogen and oxygen atoms in total.